The molecule has 1 atom stereocenters. The molecule has 0 saturated carbocycles. The van der Waals surface area contributed by atoms with Crippen molar-refractivity contribution in [2.75, 3.05) is 27.4 Å². The van der Waals surface area contributed by atoms with Gasteiger partial charge in [-0.3, -0.25) is 10.5 Å². The molecule has 0 aromatic carbocycles. The van der Waals surface area contributed by atoms with E-state index in [9.17, 15) is 0 Å². The van der Waals surface area contributed by atoms with Crippen molar-refractivity contribution in [3.8, 4) is 5.75 Å². The van der Waals surface area contributed by atoms with E-state index in [-0.39, 0.29) is 6.04 Å². The molecule has 2 heterocycles. The Bertz CT molecular complexity index is 415. The third-order valence-electron chi connectivity index (χ3n) is 3.88. The normalized spacial score (nSPS) is 20.2. The second kappa shape index (κ2) is 5.87. The summed E-state index contributed by atoms with van der Waals surface area (Å²) in [5.41, 5.74) is 3.33. The molecular formula is C12H22N4O3. The second-order valence-corrected chi connectivity index (χ2v) is 4.70. The molecule has 1 aromatic rings. The molecule has 0 aliphatic carbocycles. The Hall–Kier alpha value is -1.15. The van der Waals surface area contributed by atoms with Gasteiger partial charge >= 0.3 is 0 Å². The fourth-order valence-electron chi connectivity index (χ4n) is 2.72. The van der Waals surface area contributed by atoms with Crippen molar-refractivity contribution >= 4 is 0 Å². The van der Waals surface area contributed by atoms with Gasteiger partial charge in [-0.2, -0.15) is 5.10 Å². The van der Waals surface area contributed by atoms with E-state index in [0.29, 0.717) is 19.0 Å². The first kappa shape index (κ1) is 14.3. The molecule has 1 unspecified atom stereocenters. The third-order valence-corrected chi connectivity index (χ3v) is 3.88. The maximum absolute atomic E-state index is 5.79. The van der Waals surface area contributed by atoms with Crippen LogP contribution in [0, 0.1) is 0 Å². The summed E-state index contributed by atoms with van der Waals surface area (Å²) in [7, 11) is 5.20. The minimum atomic E-state index is -0.409. The summed E-state index contributed by atoms with van der Waals surface area (Å²) < 4.78 is 18.3. The summed E-state index contributed by atoms with van der Waals surface area (Å²) in [5, 5.41) is 4.23. The lowest BCUT2D eigenvalue weighted by Gasteiger charge is -2.41. The monoisotopic (exact) mass is 270 g/mol. The van der Waals surface area contributed by atoms with Gasteiger partial charge in [0.2, 0.25) is 0 Å². The maximum atomic E-state index is 5.79. The number of ether oxygens (including phenoxy) is 3. The highest BCUT2D eigenvalue weighted by Gasteiger charge is 2.43. The van der Waals surface area contributed by atoms with Crippen LogP contribution in [0.25, 0.3) is 0 Å². The first-order chi connectivity index (χ1) is 9.18. The Morgan fingerprint density at radius 3 is 2.68 bits per heavy atom. The van der Waals surface area contributed by atoms with Gasteiger partial charge in [-0.05, 0) is 0 Å². The number of nitrogens with two attached hydrogens (primary N) is 1. The molecule has 7 nitrogen and oxygen atoms in total. The third kappa shape index (κ3) is 2.46. The van der Waals surface area contributed by atoms with Gasteiger partial charge in [0.15, 0.2) is 5.75 Å². The van der Waals surface area contributed by atoms with Crippen molar-refractivity contribution in [3.05, 3.63) is 11.9 Å². The molecule has 108 valence electrons. The highest BCUT2D eigenvalue weighted by Crippen LogP contribution is 2.39. The lowest BCUT2D eigenvalue weighted by atomic mass is 9.84. The van der Waals surface area contributed by atoms with Crippen LogP contribution < -0.4 is 16.0 Å². The van der Waals surface area contributed by atoms with Crippen LogP contribution in [-0.4, -0.2) is 42.8 Å². The fraction of sp³-hybridized carbons (Fsp3) is 0.750. The van der Waals surface area contributed by atoms with Crippen LogP contribution in [0.1, 0.15) is 24.6 Å². The van der Waals surface area contributed by atoms with E-state index >= 15 is 0 Å². The van der Waals surface area contributed by atoms with Crippen LogP contribution in [0.3, 0.4) is 0 Å². The number of hydrogen-bond acceptors (Lipinski definition) is 6. The Morgan fingerprint density at radius 1 is 1.47 bits per heavy atom. The molecule has 2 rings (SSSR count). The zero-order valence-corrected chi connectivity index (χ0v) is 11.7. The molecule has 3 N–H and O–H groups in total. The van der Waals surface area contributed by atoms with E-state index in [1.54, 1.807) is 25.1 Å². The summed E-state index contributed by atoms with van der Waals surface area (Å²) in [6.07, 6.45) is 3.22. The van der Waals surface area contributed by atoms with Gasteiger partial charge < -0.3 is 14.2 Å². The first-order valence-electron chi connectivity index (χ1n) is 6.33. The number of nitrogens with zero attached hydrogens (tertiary/aromatic N) is 2. The molecule has 1 aliphatic rings. The van der Waals surface area contributed by atoms with Gasteiger partial charge in [0, 0.05) is 40.2 Å². The number of aryl methyl sites for hydroxylation is 1. The van der Waals surface area contributed by atoms with Gasteiger partial charge in [-0.25, -0.2) is 5.43 Å². The van der Waals surface area contributed by atoms with Crippen molar-refractivity contribution < 1.29 is 14.2 Å². The standard InChI is InChI=1S/C12H22N4O3/c1-16-10(9(17-2)8-14-16)11(15-13)12(18-3)4-6-19-7-5-12/h8,11,15H,4-7,13H2,1-3H3. The smallest absolute Gasteiger partial charge is 0.161 e. The number of hydrazine groups is 1. The molecular weight excluding hydrogens is 248 g/mol. The summed E-state index contributed by atoms with van der Waals surface area (Å²) >= 11 is 0. The number of aromatic nitrogens is 2. The van der Waals surface area contributed by atoms with Crippen molar-refractivity contribution in [2.24, 2.45) is 12.9 Å². The fourth-order valence-corrected chi connectivity index (χ4v) is 2.72. The molecule has 1 fully saturated rings. The maximum Gasteiger partial charge on any atom is 0.161 e. The van der Waals surface area contributed by atoms with Crippen molar-refractivity contribution in [3.63, 3.8) is 0 Å². The SMILES string of the molecule is COc1cnn(C)c1C(NN)C1(OC)CCOCC1. The Labute approximate surface area is 113 Å². The number of rotatable bonds is 5. The lowest BCUT2D eigenvalue weighted by Crippen LogP contribution is -2.51. The van der Waals surface area contributed by atoms with E-state index in [1.165, 1.54) is 0 Å². The van der Waals surface area contributed by atoms with Crippen LogP contribution in [-0.2, 0) is 16.5 Å². The van der Waals surface area contributed by atoms with Crippen LogP contribution in [0.5, 0.6) is 5.75 Å². The number of methoxy groups -OCH3 is 2. The zero-order valence-electron chi connectivity index (χ0n) is 11.7. The Balaban J connectivity index is 2.39. The van der Waals surface area contributed by atoms with E-state index in [2.05, 4.69) is 10.5 Å². The summed E-state index contributed by atoms with van der Waals surface area (Å²) in [5.74, 6) is 6.48. The van der Waals surface area contributed by atoms with E-state index in [1.807, 2.05) is 7.05 Å². The molecule has 7 heteroatoms. The molecule has 19 heavy (non-hydrogen) atoms. The van der Waals surface area contributed by atoms with Crippen LogP contribution in [0.15, 0.2) is 6.20 Å². The Morgan fingerprint density at radius 2 is 2.16 bits per heavy atom. The molecule has 1 aliphatic heterocycles. The van der Waals surface area contributed by atoms with E-state index in [4.69, 9.17) is 20.1 Å². The van der Waals surface area contributed by atoms with Gasteiger partial charge in [0.05, 0.1) is 24.9 Å². The van der Waals surface area contributed by atoms with Crippen molar-refractivity contribution in [1.82, 2.24) is 15.2 Å². The van der Waals surface area contributed by atoms with Crippen molar-refractivity contribution in [2.45, 2.75) is 24.5 Å². The summed E-state index contributed by atoms with van der Waals surface area (Å²) in [6.45, 7) is 1.32. The summed E-state index contributed by atoms with van der Waals surface area (Å²) in [6, 6.07) is -0.205. The van der Waals surface area contributed by atoms with Gasteiger partial charge in [0.25, 0.3) is 0 Å². The highest BCUT2D eigenvalue weighted by molar-refractivity contribution is 5.30. The molecule has 0 bridgehead atoms. The lowest BCUT2D eigenvalue weighted by molar-refractivity contribution is -0.113. The molecule has 0 spiro atoms. The van der Waals surface area contributed by atoms with Crippen LogP contribution >= 0.6 is 0 Å². The molecule has 0 amide bonds. The van der Waals surface area contributed by atoms with Gasteiger partial charge in [0.1, 0.15) is 5.69 Å². The van der Waals surface area contributed by atoms with E-state index < -0.39 is 5.60 Å². The van der Waals surface area contributed by atoms with Gasteiger partial charge in [-0.1, -0.05) is 0 Å². The highest BCUT2D eigenvalue weighted by atomic mass is 16.5. The number of hydrogen-bond donors (Lipinski definition) is 2. The average molecular weight is 270 g/mol. The predicted octanol–water partition coefficient (Wildman–Crippen LogP) is 0.129. The van der Waals surface area contributed by atoms with Crippen LogP contribution in [0.2, 0.25) is 0 Å². The Kier molecular flexibility index (Phi) is 4.41. The summed E-state index contributed by atoms with van der Waals surface area (Å²) in [4.78, 5) is 0. The largest absolute Gasteiger partial charge is 0.493 e. The van der Waals surface area contributed by atoms with Crippen LogP contribution in [0.4, 0.5) is 0 Å². The molecule has 1 saturated heterocycles. The quantitative estimate of drug-likeness (QED) is 0.584. The van der Waals surface area contributed by atoms with Gasteiger partial charge in [-0.15, -0.1) is 0 Å². The minimum Gasteiger partial charge on any atom is -0.493 e. The van der Waals surface area contributed by atoms with Crippen molar-refractivity contribution in [1.29, 1.82) is 0 Å². The molecule has 1 aromatic heterocycles. The number of nitrogens with one attached hydrogen (secondary N) is 1. The first-order valence-corrected chi connectivity index (χ1v) is 6.33. The van der Waals surface area contributed by atoms with E-state index in [0.717, 1.165) is 18.5 Å². The predicted molar refractivity (Wildman–Crippen MR) is 69.6 cm³/mol. The average Bonchev–Trinajstić information content (AvgIpc) is 2.82. The topological polar surface area (TPSA) is 83.6 Å². The second-order valence-electron chi connectivity index (χ2n) is 4.70. The molecule has 0 radical (unpaired) electrons. The zero-order chi connectivity index (χ0) is 13.9. The minimum absolute atomic E-state index is 0.205.